The highest BCUT2D eigenvalue weighted by atomic mass is 32.2. The summed E-state index contributed by atoms with van der Waals surface area (Å²) in [6.07, 6.45) is 2.89. The molecule has 0 aliphatic carbocycles. The first-order chi connectivity index (χ1) is 10.1. The highest BCUT2D eigenvalue weighted by Crippen LogP contribution is 2.25. The van der Waals surface area contributed by atoms with Crippen LogP contribution in [0.5, 0.6) is 0 Å². The van der Waals surface area contributed by atoms with E-state index in [0.717, 1.165) is 10.6 Å². The van der Waals surface area contributed by atoms with Crippen LogP contribution in [0.15, 0.2) is 46.9 Å². The Morgan fingerprint density at radius 1 is 1.24 bits per heavy atom. The van der Waals surface area contributed by atoms with Gasteiger partial charge < -0.3 is 5.73 Å². The maximum absolute atomic E-state index is 12.1. The number of hydrogen-bond acceptors (Lipinski definition) is 6. The number of anilines is 2. The van der Waals surface area contributed by atoms with Gasteiger partial charge in [-0.1, -0.05) is 0 Å². The van der Waals surface area contributed by atoms with E-state index in [-0.39, 0.29) is 10.7 Å². The molecule has 3 aromatic rings. The molecule has 4 N–H and O–H groups in total. The topological polar surface area (TPSA) is 114 Å². The quantitative estimate of drug-likeness (QED) is 0.679. The van der Waals surface area contributed by atoms with Crippen molar-refractivity contribution >= 4 is 32.9 Å². The molecule has 0 spiro atoms. The molecule has 1 aromatic carbocycles. The first-order valence-electron chi connectivity index (χ1n) is 5.88. The molecule has 2 heterocycles. The molecule has 0 radical (unpaired) electrons. The number of nitrogens with two attached hydrogens (primary N) is 1. The standard InChI is InChI=1S/C12H11N5O2S2/c13-11-10(7-15-16-11)21(18,19)17-9-3-1-8(2-4-9)12-14-5-6-20-12/h1-7,17H,(H3,13,15,16). The number of aromatic nitrogens is 3. The maximum atomic E-state index is 12.1. The molecule has 0 saturated carbocycles. The van der Waals surface area contributed by atoms with E-state index in [1.54, 1.807) is 30.5 Å². The van der Waals surface area contributed by atoms with Gasteiger partial charge in [-0.05, 0) is 24.3 Å². The molecule has 7 nitrogen and oxygen atoms in total. The minimum absolute atomic E-state index is 0.00176. The molecule has 0 fully saturated rings. The largest absolute Gasteiger partial charge is 0.383 e. The van der Waals surface area contributed by atoms with Crippen molar-refractivity contribution in [3.8, 4) is 10.6 Å². The highest BCUT2D eigenvalue weighted by molar-refractivity contribution is 7.92. The minimum atomic E-state index is -3.75. The maximum Gasteiger partial charge on any atom is 0.267 e. The normalized spacial score (nSPS) is 11.4. The monoisotopic (exact) mass is 321 g/mol. The average Bonchev–Trinajstić information content (AvgIpc) is 3.10. The van der Waals surface area contributed by atoms with Crippen molar-refractivity contribution in [3.63, 3.8) is 0 Å². The molecule has 0 aliphatic rings. The fourth-order valence-electron chi connectivity index (χ4n) is 1.76. The van der Waals surface area contributed by atoms with Gasteiger partial charge in [0.25, 0.3) is 10.0 Å². The second-order valence-electron chi connectivity index (χ2n) is 4.17. The van der Waals surface area contributed by atoms with Gasteiger partial charge in [0.2, 0.25) is 0 Å². The minimum Gasteiger partial charge on any atom is -0.383 e. The predicted molar refractivity (Wildman–Crippen MR) is 81.4 cm³/mol. The summed E-state index contributed by atoms with van der Waals surface area (Å²) >= 11 is 1.52. The van der Waals surface area contributed by atoms with Gasteiger partial charge in [-0.2, -0.15) is 5.10 Å². The molecular formula is C12H11N5O2S2. The summed E-state index contributed by atoms with van der Waals surface area (Å²) in [5, 5.41) is 8.75. The van der Waals surface area contributed by atoms with Crippen LogP contribution in [0.25, 0.3) is 10.6 Å². The van der Waals surface area contributed by atoms with Crippen LogP contribution in [-0.2, 0) is 10.0 Å². The first kappa shape index (κ1) is 13.6. The molecule has 108 valence electrons. The van der Waals surface area contributed by atoms with Crippen LogP contribution >= 0.6 is 11.3 Å². The van der Waals surface area contributed by atoms with E-state index in [1.165, 1.54) is 17.5 Å². The summed E-state index contributed by atoms with van der Waals surface area (Å²) in [5.41, 5.74) is 6.89. The third kappa shape index (κ3) is 2.73. The summed E-state index contributed by atoms with van der Waals surface area (Å²) in [6, 6.07) is 6.94. The van der Waals surface area contributed by atoms with Gasteiger partial charge in [0, 0.05) is 22.8 Å². The SMILES string of the molecule is Nc1[nH]ncc1S(=O)(=O)Nc1ccc(-c2nccs2)cc1. The zero-order valence-electron chi connectivity index (χ0n) is 10.6. The molecule has 0 unspecified atom stereocenters. The number of nitrogen functional groups attached to an aromatic ring is 1. The molecular weight excluding hydrogens is 310 g/mol. The van der Waals surface area contributed by atoms with E-state index in [1.807, 2.05) is 5.38 Å². The first-order valence-corrected chi connectivity index (χ1v) is 8.24. The zero-order valence-corrected chi connectivity index (χ0v) is 12.3. The lowest BCUT2D eigenvalue weighted by Gasteiger charge is -2.07. The third-order valence-corrected chi connectivity index (χ3v) is 4.97. The van der Waals surface area contributed by atoms with Gasteiger partial charge in [0.15, 0.2) is 0 Å². The van der Waals surface area contributed by atoms with Gasteiger partial charge in [-0.3, -0.25) is 9.82 Å². The van der Waals surface area contributed by atoms with Crippen molar-refractivity contribution < 1.29 is 8.42 Å². The number of benzene rings is 1. The van der Waals surface area contributed by atoms with E-state index in [0.29, 0.717) is 5.69 Å². The second-order valence-corrected chi connectivity index (χ2v) is 6.71. The average molecular weight is 321 g/mol. The lowest BCUT2D eigenvalue weighted by molar-refractivity contribution is 0.601. The number of sulfonamides is 1. The van der Waals surface area contributed by atoms with Gasteiger partial charge in [-0.15, -0.1) is 11.3 Å². The van der Waals surface area contributed by atoms with Gasteiger partial charge in [0.1, 0.15) is 15.7 Å². The molecule has 9 heteroatoms. The van der Waals surface area contributed by atoms with Crippen LogP contribution in [0.4, 0.5) is 11.5 Å². The smallest absolute Gasteiger partial charge is 0.267 e. The van der Waals surface area contributed by atoms with Crippen molar-refractivity contribution in [2.24, 2.45) is 0 Å². The third-order valence-electron chi connectivity index (χ3n) is 2.74. The van der Waals surface area contributed by atoms with Crippen molar-refractivity contribution in [1.82, 2.24) is 15.2 Å². The van der Waals surface area contributed by atoms with Crippen molar-refractivity contribution in [3.05, 3.63) is 42.0 Å². The summed E-state index contributed by atoms with van der Waals surface area (Å²) < 4.78 is 26.7. The van der Waals surface area contributed by atoms with E-state index >= 15 is 0 Å². The molecule has 2 aromatic heterocycles. The Balaban J connectivity index is 1.84. The number of H-pyrrole nitrogens is 1. The molecule has 0 atom stereocenters. The van der Waals surface area contributed by atoms with E-state index in [9.17, 15) is 8.42 Å². The number of nitrogens with one attached hydrogen (secondary N) is 2. The number of aromatic amines is 1. The molecule has 3 rings (SSSR count). The Bertz CT molecular complexity index is 838. The number of hydrogen-bond donors (Lipinski definition) is 3. The van der Waals surface area contributed by atoms with Gasteiger partial charge in [-0.25, -0.2) is 13.4 Å². The summed E-state index contributed by atoms with van der Waals surface area (Å²) in [6.45, 7) is 0. The highest BCUT2D eigenvalue weighted by Gasteiger charge is 2.19. The van der Waals surface area contributed by atoms with E-state index in [4.69, 9.17) is 5.73 Å². The second kappa shape index (κ2) is 5.19. The van der Waals surface area contributed by atoms with Crippen LogP contribution in [-0.4, -0.2) is 23.6 Å². The van der Waals surface area contributed by atoms with Crippen LogP contribution in [0.3, 0.4) is 0 Å². The van der Waals surface area contributed by atoms with Gasteiger partial charge >= 0.3 is 0 Å². The van der Waals surface area contributed by atoms with E-state index < -0.39 is 10.0 Å². The Labute approximate surface area is 124 Å². The van der Waals surface area contributed by atoms with Crippen LogP contribution in [0, 0.1) is 0 Å². The zero-order chi connectivity index (χ0) is 14.9. The predicted octanol–water partition coefficient (Wildman–Crippen LogP) is 1.92. The van der Waals surface area contributed by atoms with Crippen LogP contribution < -0.4 is 10.5 Å². The molecule has 0 amide bonds. The number of nitrogens with zero attached hydrogens (tertiary/aromatic N) is 2. The number of rotatable bonds is 4. The fraction of sp³-hybridized carbons (Fsp3) is 0. The fourth-order valence-corrected chi connectivity index (χ4v) is 3.48. The Hall–Kier alpha value is -2.39. The summed E-state index contributed by atoms with van der Waals surface area (Å²) in [4.78, 5) is 4.12. The van der Waals surface area contributed by atoms with Crippen molar-refractivity contribution in [2.75, 3.05) is 10.5 Å². The molecule has 0 bridgehead atoms. The molecule has 0 saturated heterocycles. The lowest BCUT2D eigenvalue weighted by atomic mass is 10.2. The Morgan fingerprint density at radius 2 is 2.00 bits per heavy atom. The molecule has 21 heavy (non-hydrogen) atoms. The number of thiazole rings is 1. The summed E-state index contributed by atoms with van der Waals surface area (Å²) in [5.74, 6) is 0.00176. The van der Waals surface area contributed by atoms with Crippen molar-refractivity contribution in [2.45, 2.75) is 4.90 Å². The van der Waals surface area contributed by atoms with Crippen LogP contribution in [0.2, 0.25) is 0 Å². The Morgan fingerprint density at radius 3 is 2.57 bits per heavy atom. The lowest BCUT2D eigenvalue weighted by Crippen LogP contribution is -2.13. The Kier molecular flexibility index (Phi) is 3.35. The van der Waals surface area contributed by atoms with Crippen molar-refractivity contribution in [1.29, 1.82) is 0 Å². The molecule has 0 aliphatic heterocycles. The van der Waals surface area contributed by atoms with E-state index in [2.05, 4.69) is 19.9 Å². The van der Waals surface area contributed by atoms with Crippen LogP contribution in [0.1, 0.15) is 0 Å². The summed E-state index contributed by atoms with van der Waals surface area (Å²) in [7, 11) is -3.75. The van der Waals surface area contributed by atoms with Gasteiger partial charge in [0.05, 0.1) is 6.20 Å².